The van der Waals surface area contributed by atoms with Crippen molar-refractivity contribution in [2.45, 2.75) is 46.0 Å². The topological polar surface area (TPSA) is 12.9 Å². The minimum absolute atomic E-state index is 0.0778. The molecule has 0 N–H and O–H groups in total. The minimum Gasteiger partial charge on any atom is -0.256 e. The van der Waals surface area contributed by atoms with Crippen molar-refractivity contribution < 1.29 is 4.39 Å². The molecule has 1 heterocycles. The number of hydrogen-bond acceptors (Lipinski definition) is 1. The lowest BCUT2D eigenvalue weighted by Gasteiger charge is -2.23. The number of hydrogen-bond donors (Lipinski definition) is 0. The molecule has 0 saturated heterocycles. The molecule has 0 spiro atoms. The van der Waals surface area contributed by atoms with Crippen LogP contribution in [0.5, 0.6) is 0 Å². The van der Waals surface area contributed by atoms with Crippen molar-refractivity contribution in [2.75, 3.05) is 0 Å². The van der Waals surface area contributed by atoms with Gasteiger partial charge in [-0.25, -0.2) is 4.39 Å². The van der Waals surface area contributed by atoms with E-state index in [4.69, 9.17) is 11.4 Å². The summed E-state index contributed by atoms with van der Waals surface area (Å²) in [4.78, 5) is 4.80. The Kier molecular flexibility index (Phi) is 4.37. The van der Waals surface area contributed by atoms with Crippen molar-refractivity contribution in [3.05, 3.63) is 53.1 Å². The predicted octanol–water partition coefficient (Wildman–Crippen LogP) is 5.29. The molecule has 0 radical (unpaired) electrons. The largest absolute Gasteiger partial charge is 0.256 e. The summed E-state index contributed by atoms with van der Waals surface area (Å²) in [6.07, 6.45) is 5.75. The number of benzene rings is 1. The van der Waals surface area contributed by atoms with Crippen molar-refractivity contribution >= 4 is 0 Å². The quantitative estimate of drug-likeness (QED) is 0.686. The molecule has 1 nitrogen and oxygen atoms in total. The van der Waals surface area contributed by atoms with E-state index in [1.165, 1.54) is 12.1 Å². The second-order valence-electron chi connectivity index (χ2n) is 6.87. The highest BCUT2D eigenvalue weighted by atomic mass is 19.1. The molecular weight excluding hydrogens is 273 g/mol. The zero-order chi connectivity index (χ0) is 16.5. The van der Waals surface area contributed by atoms with Gasteiger partial charge in [0.25, 0.3) is 0 Å². The lowest BCUT2D eigenvalue weighted by atomic mass is 9.86. The fourth-order valence-electron chi connectivity index (χ4n) is 2.38. The average molecular weight is 295 g/mol. The molecule has 2 rings (SSSR count). The Labute approximate surface area is 132 Å². The number of nitrogens with zero attached hydrogens (tertiary/aromatic N) is 1. The van der Waals surface area contributed by atoms with E-state index >= 15 is 0 Å². The number of halogens is 1. The molecule has 0 unspecified atom stereocenters. The van der Waals surface area contributed by atoms with Crippen molar-refractivity contribution in [1.82, 2.24) is 4.98 Å². The van der Waals surface area contributed by atoms with Crippen LogP contribution in [0.3, 0.4) is 0 Å². The first-order valence-electron chi connectivity index (χ1n) is 7.52. The number of aromatic nitrogens is 1. The normalized spacial score (nSPS) is 11.5. The standard InChI is InChI=1S/C20H22FN/c1-7-16-17(14-8-10-15(21)11-9-14)12-18(20(4,5)6)22-19(16)13(2)3/h1,8-13H,2-6H3. The van der Waals surface area contributed by atoms with Gasteiger partial charge in [-0.3, -0.25) is 4.98 Å². The molecule has 0 fully saturated rings. The number of rotatable bonds is 2. The van der Waals surface area contributed by atoms with E-state index in [1.54, 1.807) is 12.1 Å². The average Bonchev–Trinajstić information content (AvgIpc) is 2.45. The molecule has 1 aromatic carbocycles. The Hall–Kier alpha value is -2.14. The summed E-state index contributed by atoms with van der Waals surface area (Å²) < 4.78 is 13.2. The molecular formula is C20H22FN. The summed E-state index contributed by atoms with van der Waals surface area (Å²) in [5.74, 6) is 2.76. The molecule has 0 bridgehead atoms. The summed E-state index contributed by atoms with van der Waals surface area (Å²) in [6.45, 7) is 10.6. The van der Waals surface area contributed by atoms with E-state index in [0.717, 1.165) is 28.1 Å². The predicted molar refractivity (Wildman–Crippen MR) is 90.4 cm³/mol. The molecule has 2 heteroatoms. The van der Waals surface area contributed by atoms with E-state index < -0.39 is 0 Å². The Morgan fingerprint density at radius 3 is 2.18 bits per heavy atom. The maximum Gasteiger partial charge on any atom is 0.123 e. The maximum atomic E-state index is 13.2. The van der Waals surface area contributed by atoms with E-state index in [-0.39, 0.29) is 17.2 Å². The first kappa shape index (κ1) is 16.2. The highest BCUT2D eigenvalue weighted by Gasteiger charge is 2.21. The van der Waals surface area contributed by atoms with Gasteiger partial charge in [0.15, 0.2) is 0 Å². The van der Waals surface area contributed by atoms with E-state index in [0.29, 0.717) is 0 Å². The van der Waals surface area contributed by atoms with Crippen molar-refractivity contribution in [3.8, 4) is 23.5 Å². The summed E-state index contributed by atoms with van der Waals surface area (Å²) in [5.41, 5.74) is 4.51. The third-order valence-corrected chi connectivity index (χ3v) is 3.66. The van der Waals surface area contributed by atoms with Gasteiger partial charge in [0, 0.05) is 16.7 Å². The fourth-order valence-corrected chi connectivity index (χ4v) is 2.38. The van der Waals surface area contributed by atoms with Crippen LogP contribution in [0.15, 0.2) is 30.3 Å². The highest BCUT2D eigenvalue weighted by molar-refractivity contribution is 5.73. The third-order valence-electron chi connectivity index (χ3n) is 3.66. The van der Waals surface area contributed by atoms with Gasteiger partial charge >= 0.3 is 0 Å². The van der Waals surface area contributed by atoms with Gasteiger partial charge in [-0.05, 0) is 29.7 Å². The lowest BCUT2D eigenvalue weighted by molar-refractivity contribution is 0.563. The SMILES string of the molecule is C#Cc1c(-c2ccc(F)cc2)cc(C(C)(C)C)nc1C(C)C. The van der Waals surface area contributed by atoms with Crippen LogP contribution >= 0.6 is 0 Å². The lowest BCUT2D eigenvalue weighted by Crippen LogP contribution is -2.16. The third kappa shape index (κ3) is 3.20. The first-order valence-corrected chi connectivity index (χ1v) is 7.52. The molecule has 1 aromatic heterocycles. The molecule has 0 amide bonds. The van der Waals surface area contributed by atoms with Crippen LogP contribution in [0.25, 0.3) is 11.1 Å². The molecule has 0 aliphatic heterocycles. The van der Waals surface area contributed by atoms with Gasteiger partial charge in [0.05, 0.1) is 11.3 Å². The molecule has 2 aromatic rings. The van der Waals surface area contributed by atoms with Gasteiger partial charge in [-0.2, -0.15) is 0 Å². The van der Waals surface area contributed by atoms with Gasteiger partial charge in [-0.15, -0.1) is 6.42 Å². The van der Waals surface area contributed by atoms with Crippen LogP contribution in [0, 0.1) is 18.2 Å². The molecule has 22 heavy (non-hydrogen) atoms. The Morgan fingerprint density at radius 1 is 1.14 bits per heavy atom. The summed E-state index contributed by atoms with van der Waals surface area (Å²) in [5, 5.41) is 0. The van der Waals surface area contributed by atoms with Crippen LogP contribution in [0.1, 0.15) is 57.5 Å². The van der Waals surface area contributed by atoms with Crippen molar-refractivity contribution in [1.29, 1.82) is 0 Å². The molecule has 0 aliphatic rings. The van der Waals surface area contributed by atoms with Gasteiger partial charge < -0.3 is 0 Å². The summed E-state index contributed by atoms with van der Waals surface area (Å²) >= 11 is 0. The second kappa shape index (κ2) is 5.93. The Bertz CT molecular complexity index is 713. The van der Waals surface area contributed by atoms with Gasteiger partial charge in [0.1, 0.15) is 5.82 Å². The Balaban J connectivity index is 2.78. The summed E-state index contributed by atoms with van der Waals surface area (Å²) in [7, 11) is 0. The van der Waals surface area contributed by atoms with E-state index in [2.05, 4.69) is 40.5 Å². The zero-order valence-electron chi connectivity index (χ0n) is 13.9. The van der Waals surface area contributed by atoms with Crippen molar-refractivity contribution in [3.63, 3.8) is 0 Å². The fraction of sp³-hybridized carbons (Fsp3) is 0.350. The van der Waals surface area contributed by atoms with Crippen LogP contribution in [-0.2, 0) is 5.41 Å². The molecule has 0 aliphatic carbocycles. The van der Waals surface area contributed by atoms with Crippen LogP contribution in [0.2, 0.25) is 0 Å². The second-order valence-corrected chi connectivity index (χ2v) is 6.87. The van der Waals surface area contributed by atoms with Gasteiger partial charge in [0.2, 0.25) is 0 Å². The molecule has 0 atom stereocenters. The van der Waals surface area contributed by atoms with Crippen LogP contribution in [-0.4, -0.2) is 4.98 Å². The summed E-state index contributed by atoms with van der Waals surface area (Å²) in [6, 6.07) is 8.49. The smallest absolute Gasteiger partial charge is 0.123 e. The monoisotopic (exact) mass is 295 g/mol. The zero-order valence-corrected chi connectivity index (χ0v) is 13.9. The molecule has 114 valence electrons. The van der Waals surface area contributed by atoms with E-state index in [9.17, 15) is 4.39 Å². The first-order chi connectivity index (χ1) is 10.2. The maximum absolute atomic E-state index is 13.2. The van der Waals surface area contributed by atoms with E-state index in [1.807, 2.05) is 6.07 Å². The molecule has 0 saturated carbocycles. The van der Waals surface area contributed by atoms with Crippen molar-refractivity contribution in [2.24, 2.45) is 0 Å². The van der Waals surface area contributed by atoms with Gasteiger partial charge in [-0.1, -0.05) is 52.7 Å². The number of terminal acetylenes is 1. The Morgan fingerprint density at radius 2 is 1.73 bits per heavy atom. The van der Waals surface area contributed by atoms with Crippen LogP contribution in [0.4, 0.5) is 4.39 Å². The minimum atomic E-state index is -0.250. The number of pyridine rings is 1. The van der Waals surface area contributed by atoms with Crippen LogP contribution < -0.4 is 0 Å². The highest BCUT2D eigenvalue weighted by Crippen LogP contribution is 2.33.